The van der Waals surface area contributed by atoms with Gasteiger partial charge < -0.3 is 15.0 Å². The molecule has 1 aliphatic rings. The van der Waals surface area contributed by atoms with Crippen molar-refractivity contribution in [3.05, 3.63) is 0 Å². The van der Waals surface area contributed by atoms with Gasteiger partial charge in [0.25, 0.3) is 5.91 Å². The second-order valence-electron chi connectivity index (χ2n) is 5.80. The highest BCUT2D eigenvalue weighted by atomic mass is 16.5. The molecule has 1 aliphatic heterocycles. The van der Waals surface area contributed by atoms with Crippen LogP contribution in [0.5, 0.6) is 0 Å². The molecule has 7 nitrogen and oxygen atoms in total. The minimum absolute atomic E-state index is 0.0309. The number of hydrogen-bond donors (Lipinski definition) is 3. The van der Waals surface area contributed by atoms with E-state index < -0.39 is 6.03 Å². The van der Waals surface area contributed by atoms with Gasteiger partial charge in [0.15, 0.2) is 6.54 Å². The number of esters is 1. The second-order valence-corrected chi connectivity index (χ2v) is 5.80. The molecule has 1 unspecified atom stereocenters. The van der Waals surface area contributed by atoms with Gasteiger partial charge in [0, 0.05) is 6.04 Å². The van der Waals surface area contributed by atoms with Crippen molar-refractivity contribution in [2.75, 3.05) is 26.2 Å². The van der Waals surface area contributed by atoms with Crippen LogP contribution in [0.15, 0.2) is 0 Å². The largest absolute Gasteiger partial charge is 0.466 e. The number of ether oxygens (including phenoxy) is 1. The minimum atomic E-state index is -0.460. The molecule has 3 atom stereocenters. The zero-order valence-electron chi connectivity index (χ0n) is 13.7. The van der Waals surface area contributed by atoms with E-state index >= 15 is 0 Å². The summed E-state index contributed by atoms with van der Waals surface area (Å²) in [6, 6.07) is -0.430. The number of piperidine rings is 1. The average molecular weight is 314 g/mol. The maximum absolute atomic E-state index is 11.9. The lowest BCUT2D eigenvalue weighted by Gasteiger charge is -2.28. The van der Waals surface area contributed by atoms with Gasteiger partial charge >= 0.3 is 12.0 Å². The van der Waals surface area contributed by atoms with Gasteiger partial charge in [-0.3, -0.25) is 14.9 Å². The lowest BCUT2D eigenvalue weighted by Crippen LogP contribution is -3.15. The molecule has 1 saturated heterocycles. The van der Waals surface area contributed by atoms with Crippen LogP contribution >= 0.6 is 0 Å². The first-order valence-electron chi connectivity index (χ1n) is 8.06. The van der Waals surface area contributed by atoms with Gasteiger partial charge in [-0.25, -0.2) is 4.79 Å². The van der Waals surface area contributed by atoms with Gasteiger partial charge in [-0.1, -0.05) is 6.92 Å². The highest BCUT2D eigenvalue weighted by molar-refractivity contribution is 5.94. The quantitative estimate of drug-likeness (QED) is 0.575. The monoisotopic (exact) mass is 314 g/mol. The molecular formula is C15H28N3O4+. The number of urea groups is 1. The lowest BCUT2D eigenvalue weighted by molar-refractivity contribution is -0.899. The molecule has 3 amide bonds. The van der Waals surface area contributed by atoms with E-state index in [2.05, 4.69) is 10.6 Å². The summed E-state index contributed by atoms with van der Waals surface area (Å²) in [7, 11) is 0. The summed E-state index contributed by atoms with van der Waals surface area (Å²) in [5, 5.41) is 5.02. The topological polar surface area (TPSA) is 88.9 Å². The Morgan fingerprint density at radius 2 is 2.05 bits per heavy atom. The van der Waals surface area contributed by atoms with Crippen LogP contribution in [0, 0.1) is 5.92 Å². The van der Waals surface area contributed by atoms with Crippen LogP contribution < -0.4 is 15.5 Å². The predicted molar refractivity (Wildman–Crippen MR) is 81.3 cm³/mol. The normalized spacial score (nSPS) is 22.5. The molecule has 1 heterocycles. The van der Waals surface area contributed by atoms with E-state index in [1.54, 1.807) is 6.92 Å². The number of hydrogen-bond acceptors (Lipinski definition) is 4. The van der Waals surface area contributed by atoms with Crippen molar-refractivity contribution in [3.8, 4) is 0 Å². The number of carbonyl (C=O) groups excluding carboxylic acids is 3. The zero-order valence-corrected chi connectivity index (χ0v) is 13.7. The molecule has 0 bridgehead atoms. The molecule has 126 valence electrons. The summed E-state index contributed by atoms with van der Waals surface area (Å²) in [5.74, 6) is -0.652. The van der Waals surface area contributed by atoms with Crippen molar-refractivity contribution < 1.29 is 24.0 Å². The fourth-order valence-corrected chi connectivity index (χ4v) is 2.53. The number of likely N-dealkylation sites (tertiary alicyclic amines) is 1. The fraction of sp³-hybridized carbons (Fsp3) is 0.800. The number of amides is 3. The first-order chi connectivity index (χ1) is 10.5. The van der Waals surface area contributed by atoms with E-state index in [4.69, 9.17) is 4.74 Å². The van der Waals surface area contributed by atoms with Crippen molar-refractivity contribution in [2.45, 2.75) is 46.1 Å². The van der Waals surface area contributed by atoms with Crippen molar-refractivity contribution >= 4 is 17.9 Å². The van der Waals surface area contributed by atoms with Gasteiger partial charge in [-0.15, -0.1) is 0 Å². The Bertz CT molecular complexity index is 400. The number of carbonyl (C=O) groups is 3. The highest BCUT2D eigenvalue weighted by Gasteiger charge is 2.31. The third-order valence-corrected chi connectivity index (χ3v) is 3.89. The smallest absolute Gasteiger partial charge is 0.321 e. The first kappa shape index (κ1) is 18.4. The van der Waals surface area contributed by atoms with Gasteiger partial charge in [-0.05, 0) is 33.1 Å². The summed E-state index contributed by atoms with van der Waals surface area (Å²) in [4.78, 5) is 36.3. The Morgan fingerprint density at radius 3 is 2.68 bits per heavy atom. The number of nitrogens with one attached hydrogen (secondary N) is 3. The molecule has 3 N–H and O–H groups in total. The van der Waals surface area contributed by atoms with Gasteiger partial charge in [0.2, 0.25) is 0 Å². The predicted octanol–water partition coefficient (Wildman–Crippen LogP) is -0.531. The van der Waals surface area contributed by atoms with E-state index in [0.717, 1.165) is 30.7 Å². The lowest BCUT2D eigenvalue weighted by atomic mass is 9.98. The Morgan fingerprint density at radius 1 is 1.32 bits per heavy atom. The summed E-state index contributed by atoms with van der Waals surface area (Å²) in [6.07, 6.45) is 2.49. The molecular weight excluding hydrogens is 286 g/mol. The van der Waals surface area contributed by atoms with Crippen molar-refractivity contribution in [3.63, 3.8) is 0 Å². The molecule has 0 saturated carbocycles. The molecule has 0 aromatic rings. The summed E-state index contributed by atoms with van der Waals surface area (Å²) < 4.78 is 5.04. The summed E-state index contributed by atoms with van der Waals surface area (Å²) >= 11 is 0. The van der Waals surface area contributed by atoms with E-state index in [9.17, 15) is 14.4 Å². The fourth-order valence-electron chi connectivity index (χ4n) is 2.53. The van der Waals surface area contributed by atoms with Crippen molar-refractivity contribution in [1.29, 1.82) is 0 Å². The Kier molecular flexibility index (Phi) is 7.87. The van der Waals surface area contributed by atoms with Gasteiger partial charge in [-0.2, -0.15) is 0 Å². The Hall–Kier alpha value is -1.63. The third-order valence-electron chi connectivity index (χ3n) is 3.89. The average Bonchev–Trinajstić information content (AvgIpc) is 2.47. The molecule has 0 aromatic heterocycles. The first-order valence-corrected chi connectivity index (χ1v) is 8.06. The van der Waals surface area contributed by atoms with Crippen molar-refractivity contribution in [1.82, 2.24) is 10.6 Å². The van der Waals surface area contributed by atoms with Crippen LogP contribution in [-0.2, 0) is 14.3 Å². The SMILES string of the molecule is CCOC(=O)[C@H]1CCC[NH+](CC(=O)NC(=O)N[C@H](C)CC)C1. The molecule has 22 heavy (non-hydrogen) atoms. The number of quaternary nitrogens is 1. The van der Waals surface area contributed by atoms with Crippen LogP contribution in [0.2, 0.25) is 0 Å². The van der Waals surface area contributed by atoms with E-state index in [1.807, 2.05) is 13.8 Å². The van der Waals surface area contributed by atoms with Crippen LogP contribution in [0.3, 0.4) is 0 Å². The minimum Gasteiger partial charge on any atom is -0.466 e. The molecule has 0 radical (unpaired) electrons. The van der Waals surface area contributed by atoms with Crippen LogP contribution in [0.1, 0.15) is 40.0 Å². The molecule has 0 aromatic carbocycles. The van der Waals surface area contributed by atoms with Gasteiger partial charge in [0.1, 0.15) is 5.92 Å². The highest BCUT2D eigenvalue weighted by Crippen LogP contribution is 2.09. The maximum atomic E-state index is 11.9. The van der Waals surface area contributed by atoms with Crippen LogP contribution in [0.4, 0.5) is 4.79 Å². The molecule has 7 heteroatoms. The van der Waals surface area contributed by atoms with Crippen molar-refractivity contribution in [2.24, 2.45) is 5.92 Å². The molecule has 1 rings (SSSR count). The number of rotatable bonds is 6. The Balaban J connectivity index is 2.37. The third kappa shape index (κ3) is 6.43. The van der Waals surface area contributed by atoms with E-state index in [-0.39, 0.29) is 30.4 Å². The van der Waals surface area contributed by atoms with E-state index in [1.165, 1.54) is 0 Å². The van der Waals surface area contributed by atoms with E-state index in [0.29, 0.717) is 13.2 Å². The van der Waals surface area contributed by atoms with Crippen LogP contribution in [0.25, 0.3) is 0 Å². The molecule has 1 fully saturated rings. The number of imide groups is 1. The Labute approximate surface area is 131 Å². The summed E-state index contributed by atoms with van der Waals surface area (Å²) in [6.45, 7) is 7.61. The molecule has 0 spiro atoms. The van der Waals surface area contributed by atoms with Crippen LogP contribution in [-0.4, -0.2) is 50.2 Å². The standard InChI is InChI=1S/C15H27N3O4/c1-4-11(3)16-15(21)17-13(19)10-18-8-6-7-12(9-18)14(20)22-5-2/h11-12H,4-10H2,1-3H3,(H2,16,17,19,21)/p+1/t11-,12+/m1/s1. The zero-order chi connectivity index (χ0) is 16.5. The maximum Gasteiger partial charge on any atom is 0.321 e. The summed E-state index contributed by atoms with van der Waals surface area (Å²) in [5.41, 5.74) is 0. The molecule has 0 aliphatic carbocycles. The second kappa shape index (κ2) is 9.40. The van der Waals surface area contributed by atoms with Gasteiger partial charge in [0.05, 0.1) is 19.7 Å².